The maximum Gasteiger partial charge on any atom is 0.264 e. The van der Waals surface area contributed by atoms with Crippen LogP contribution in [0.1, 0.15) is 12.5 Å². The van der Waals surface area contributed by atoms with Crippen molar-refractivity contribution in [2.75, 3.05) is 17.1 Å². The van der Waals surface area contributed by atoms with Crippen molar-refractivity contribution in [1.82, 2.24) is 5.32 Å². The van der Waals surface area contributed by atoms with Crippen LogP contribution in [0.25, 0.3) is 0 Å². The summed E-state index contributed by atoms with van der Waals surface area (Å²) in [6.45, 7) is 2.82. The number of benzene rings is 2. The van der Waals surface area contributed by atoms with Crippen molar-refractivity contribution < 1.29 is 16.8 Å². The molecular formula is C17H20N2O4S2. The number of rotatable bonds is 3. The molecule has 6 nitrogen and oxygen atoms in total. The zero-order valence-electron chi connectivity index (χ0n) is 14.0. The molecule has 25 heavy (non-hydrogen) atoms. The minimum Gasteiger partial charge on any atom is -0.308 e. The van der Waals surface area contributed by atoms with Gasteiger partial charge in [-0.1, -0.05) is 18.2 Å². The molecule has 0 aromatic heterocycles. The molecule has 1 aliphatic rings. The van der Waals surface area contributed by atoms with Crippen LogP contribution < -0.4 is 9.62 Å². The molecule has 0 aliphatic carbocycles. The predicted molar refractivity (Wildman–Crippen MR) is 96.8 cm³/mol. The van der Waals surface area contributed by atoms with E-state index in [1.807, 2.05) is 25.1 Å². The molecule has 2 aromatic rings. The topological polar surface area (TPSA) is 83.6 Å². The molecule has 1 heterocycles. The smallest absolute Gasteiger partial charge is 0.264 e. The first-order valence-corrected chi connectivity index (χ1v) is 11.2. The van der Waals surface area contributed by atoms with Gasteiger partial charge >= 0.3 is 0 Å². The minimum atomic E-state index is -3.80. The molecule has 0 bridgehead atoms. The summed E-state index contributed by atoms with van der Waals surface area (Å²) in [7, 11) is -7.17. The van der Waals surface area contributed by atoms with Crippen LogP contribution in [0.15, 0.2) is 58.3 Å². The van der Waals surface area contributed by atoms with E-state index in [-0.39, 0.29) is 15.8 Å². The van der Waals surface area contributed by atoms with Crippen molar-refractivity contribution in [1.29, 1.82) is 0 Å². The molecule has 8 heteroatoms. The lowest BCUT2D eigenvalue weighted by Crippen LogP contribution is -2.39. The number of hydrogen-bond donors (Lipinski definition) is 1. The number of nitrogens with zero attached hydrogens (tertiary/aromatic N) is 1. The fraction of sp³-hybridized carbons (Fsp3) is 0.294. The third kappa shape index (κ3) is 3.56. The number of hydrogen-bond acceptors (Lipinski definition) is 5. The van der Waals surface area contributed by atoms with Crippen LogP contribution in [-0.2, 0) is 26.4 Å². The lowest BCUT2D eigenvalue weighted by Gasteiger charge is -2.26. The van der Waals surface area contributed by atoms with Gasteiger partial charge in [0.2, 0.25) is 0 Å². The van der Waals surface area contributed by atoms with E-state index in [9.17, 15) is 16.8 Å². The summed E-state index contributed by atoms with van der Waals surface area (Å²) in [5, 5.41) is 3.30. The van der Waals surface area contributed by atoms with Crippen molar-refractivity contribution in [3.63, 3.8) is 0 Å². The van der Waals surface area contributed by atoms with E-state index in [4.69, 9.17) is 0 Å². The van der Waals surface area contributed by atoms with Crippen LogP contribution in [0.2, 0.25) is 0 Å². The van der Waals surface area contributed by atoms with E-state index in [1.54, 1.807) is 6.07 Å². The minimum absolute atomic E-state index is 0.0162. The van der Waals surface area contributed by atoms with Crippen molar-refractivity contribution in [2.24, 2.45) is 0 Å². The number of sulfonamides is 1. The highest BCUT2D eigenvalue weighted by atomic mass is 32.2. The van der Waals surface area contributed by atoms with Crippen LogP contribution in [0, 0.1) is 0 Å². The summed E-state index contributed by atoms with van der Waals surface area (Å²) in [6.07, 6.45) is 1.09. The second-order valence-corrected chi connectivity index (χ2v) is 10.1. The highest BCUT2D eigenvalue weighted by Crippen LogP contribution is 2.29. The van der Waals surface area contributed by atoms with Gasteiger partial charge in [-0.05, 0) is 42.8 Å². The zero-order chi connectivity index (χ0) is 18.2. The van der Waals surface area contributed by atoms with Gasteiger partial charge in [0.1, 0.15) is 0 Å². The molecule has 0 saturated heterocycles. The maximum atomic E-state index is 13.2. The molecule has 3 rings (SSSR count). The van der Waals surface area contributed by atoms with Gasteiger partial charge in [-0.3, -0.25) is 4.31 Å². The van der Waals surface area contributed by atoms with E-state index < -0.39 is 19.9 Å². The SMILES string of the molecule is CC1CN(S(=O)(=O)c2ccc(S(C)(=O)=O)cc2)c2ccccc2CN1. The Morgan fingerprint density at radius 3 is 2.20 bits per heavy atom. The third-order valence-electron chi connectivity index (χ3n) is 4.18. The Balaban J connectivity index is 2.07. The van der Waals surface area contributed by atoms with Gasteiger partial charge in [-0.25, -0.2) is 16.8 Å². The molecule has 2 aromatic carbocycles. The summed E-state index contributed by atoms with van der Waals surface area (Å²) in [5.74, 6) is 0. The molecule has 1 aliphatic heterocycles. The van der Waals surface area contributed by atoms with Crippen LogP contribution >= 0.6 is 0 Å². The molecule has 0 spiro atoms. The first kappa shape index (κ1) is 17.9. The van der Waals surface area contributed by atoms with E-state index in [2.05, 4.69) is 5.32 Å². The van der Waals surface area contributed by atoms with E-state index in [1.165, 1.54) is 28.6 Å². The molecule has 0 fully saturated rings. The average Bonchev–Trinajstić information content (AvgIpc) is 2.74. The lowest BCUT2D eigenvalue weighted by atomic mass is 10.2. The van der Waals surface area contributed by atoms with Crippen molar-refractivity contribution in [2.45, 2.75) is 29.3 Å². The van der Waals surface area contributed by atoms with E-state index in [0.29, 0.717) is 18.8 Å². The molecular weight excluding hydrogens is 360 g/mol. The number of para-hydroxylation sites is 1. The largest absolute Gasteiger partial charge is 0.308 e. The Morgan fingerprint density at radius 1 is 0.960 bits per heavy atom. The van der Waals surface area contributed by atoms with Gasteiger partial charge in [0.05, 0.1) is 15.5 Å². The summed E-state index contributed by atoms with van der Waals surface area (Å²) in [5.41, 5.74) is 1.55. The molecule has 1 atom stereocenters. The molecule has 1 unspecified atom stereocenters. The average molecular weight is 380 g/mol. The standard InChI is InChI=1S/C17H20N2O4S2/c1-13-12-19(17-6-4-3-5-14(17)11-18-13)25(22,23)16-9-7-15(8-10-16)24(2,20)21/h3-10,13,18H,11-12H2,1-2H3. The lowest BCUT2D eigenvalue weighted by molar-refractivity contribution is 0.556. The highest BCUT2D eigenvalue weighted by molar-refractivity contribution is 7.93. The van der Waals surface area contributed by atoms with Crippen LogP contribution in [0.5, 0.6) is 0 Å². The van der Waals surface area contributed by atoms with Gasteiger partial charge < -0.3 is 5.32 Å². The van der Waals surface area contributed by atoms with Gasteiger partial charge in [0.25, 0.3) is 10.0 Å². The van der Waals surface area contributed by atoms with E-state index in [0.717, 1.165) is 11.8 Å². The van der Waals surface area contributed by atoms with Crippen LogP contribution in [0.3, 0.4) is 0 Å². The zero-order valence-corrected chi connectivity index (χ0v) is 15.6. The molecule has 0 saturated carbocycles. The Kier molecular flexibility index (Phi) is 4.61. The normalized spacial score (nSPS) is 18.5. The van der Waals surface area contributed by atoms with Gasteiger partial charge in [0, 0.05) is 25.4 Å². The monoisotopic (exact) mass is 380 g/mol. The summed E-state index contributed by atoms with van der Waals surface area (Å²) in [6, 6.07) is 12.7. The second-order valence-electron chi connectivity index (χ2n) is 6.19. The third-order valence-corrected chi connectivity index (χ3v) is 7.10. The Bertz CT molecular complexity index is 984. The van der Waals surface area contributed by atoms with Gasteiger partial charge in [0.15, 0.2) is 9.84 Å². The fourth-order valence-electron chi connectivity index (χ4n) is 2.81. The molecule has 0 radical (unpaired) electrons. The predicted octanol–water partition coefficient (Wildman–Crippen LogP) is 1.78. The Hall–Kier alpha value is -1.90. The number of fused-ring (bicyclic) bond motifs is 1. The van der Waals surface area contributed by atoms with Gasteiger partial charge in [-0.15, -0.1) is 0 Å². The Labute approximate surface area is 148 Å². The molecule has 1 N–H and O–H groups in total. The molecule has 134 valence electrons. The summed E-state index contributed by atoms with van der Waals surface area (Å²) in [4.78, 5) is 0.168. The first-order valence-electron chi connectivity index (χ1n) is 7.84. The number of nitrogens with one attached hydrogen (secondary N) is 1. The highest BCUT2D eigenvalue weighted by Gasteiger charge is 2.30. The maximum absolute atomic E-state index is 13.2. The van der Waals surface area contributed by atoms with Crippen molar-refractivity contribution in [3.05, 3.63) is 54.1 Å². The fourth-order valence-corrected chi connectivity index (χ4v) is 5.03. The molecule has 0 amide bonds. The van der Waals surface area contributed by atoms with Crippen molar-refractivity contribution >= 4 is 25.5 Å². The Morgan fingerprint density at radius 2 is 1.56 bits per heavy atom. The first-order chi connectivity index (χ1) is 11.7. The van der Waals surface area contributed by atoms with E-state index >= 15 is 0 Å². The number of anilines is 1. The second kappa shape index (κ2) is 6.44. The summed E-state index contributed by atoms with van der Waals surface area (Å²) >= 11 is 0. The summed E-state index contributed by atoms with van der Waals surface area (Å²) < 4.78 is 50.9. The quantitative estimate of drug-likeness (QED) is 0.877. The van der Waals surface area contributed by atoms with Crippen molar-refractivity contribution in [3.8, 4) is 0 Å². The van der Waals surface area contributed by atoms with Gasteiger partial charge in [-0.2, -0.15) is 0 Å². The van der Waals surface area contributed by atoms with Crippen LogP contribution in [-0.4, -0.2) is 35.7 Å². The number of sulfone groups is 1. The van der Waals surface area contributed by atoms with Crippen LogP contribution in [0.4, 0.5) is 5.69 Å².